The number of H-pyrrole nitrogens is 5. The van der Waals surface area contributed by atoms with E-state index < -0.39 is 0 Å². The summed E-state index contributed by atoms with van der Waals surface area (Å²) < 4.78 is 18.2. The zero-order chi connectivity index (χ0) is 42.4. The quantitative estimate of drug-likeness (QED) is 0.0976. The molecule has 12 rings (SSSR count). The van der Waals surface area contributed by atoms with Crippen molar-refractivity contribution in [1.82, 2.24) is 103 Å². The van der Waals surface area contributed by atoms with E-state index in [0.717, 1.165) is 0 Å². The van der Waals surface area contributed by atoms with E-state index in [2.05, 4.69) is 103 Å². The van der Waals surface area contributed by atoms with E-state index in [9.17, 15) is 0 Å². The van der Waals surface area contributed by atoms with Crippen molar-refractivity contribution in [2.45, 2.75) is 0 Å². The minimum atomic E-state index is 1.21. The number of thiazole rings is 1. The molecule has 12 aromatic heterocycles. The number of imidazole rings is 1. The molecule has 0 aliphatic carbocycles. The first-order valence-electron chi connectivity index (χ1n) is 16.0. The van der Waals surface area contributed by atoms with Crippen molar-refractivity contribution in [2.24, 2.45) is 0 Å². The Hall–Kier alpha value is -6.82. The van der Waals surface area contributed by atoms with Crippen LogP contribution in [0.15, 0.2) is 191 Å². The number of hydrogen-bond acceptors (Lipinski definition) is 23. The van der Waals surface area contributed by atoms with E-state index in [1.807, 2.05) is 75.7 Å². The maximum absolute atomic E-state index is 3.76. The summed E-state index contributed by atoms with van der Waals surface area (Å²) in [5.41, 5.74) is 6.83. The molecule has 0 spiro atoms. The Bertz CT molecular complexity index is 1330. The Kier molecular flexibility index (Phi) is 41.2. The molecule has 312 valence electrons. The van der Waals surface area contributed by atoms with Gasteiger partial charge in [0, 0.05) is 65.7 Å². The van der Waals surface area contributed by atoms with Gasteiger partial charge in [-0.1, -0.05) is 16.6 Å². The van der Waals surface area contributed by atoms with E-state index in [1.165, 1.54) is 76.6 Å². The van der Waals surface area contributed by atoms with Crippen LogP contribution in [0.25, 0.3) is 0 Å². The third-order valence-corrected chi connectivity index (χ3v) is 7.62. The van der Waals surface area contributed by atoms with Crippen molar-refractivity contribution in [1.29, 1.82) is 0 Å². The number of rotatable bonds is 0. The highest BCUT2D eigenvalue weighted by Crippen LogP contribution is 1.91. The molecular formula is C32H37N21S7. The summed E-state index contributed by atoms with van der Waals surface area (Å²) in [6.45, 7) is 0. The average Bonchev–Trinajstić information content (AvgIpc) is 4.19. The normalized spacial score (nSPS) is 8.00. The van der Waals surface area contributed by atoms with Crippen LogP contribution in [0, 0.1) is 0 Å². The maximum atomic E-state index is 3.76. The van der Waals surface area contributed by atoms with E-state index in [0.29, 0.717) is 0 Å². The monoisotopic (exact) mass is 939 g/mol. The first-order chi connectivity index (χ1) is 30.0. The Labute approximate surface area is 372 Å². The van der Waals surface area contributed by atoms with Crippen LogP contribution in [0.2, 0.25) is 0 Å². The molecule has 0 aromatic carbocycles. The summed E-state index contributed by atoms with van der Waals surface area (Å²) in [6.07, 6.45) is 28.4. The summed E-state index contributed by atoms with van der Waals surface area (Å²) in [6, 6.07) is 11.7. The van der Waals surface area contributed by atoms with Gasteiger partial charge >= 0.3 is 0 Å². The molecule has 60 heavy (non-hydrogen) atoms. The number of thiophene rings is 1. The van der Waals surface area contributed by atoms with E-state index >= 15 is 0 Å². The largest absolute Gasteiger partial charge is 0.368 e. The van der Waals surface area contributed by atoms with Gasteiger partial charge in [0.1, 0.15) is 35.5 Å². The van der Waals surface area contributed by atoms with Gasteiger partial charge in [0.25, 0.3) is 0 Å². The SMILES string of the molecule is c1c[nH]cn1.c1cc[nH]c1.c1ccsc1.c1cn[nH]c1.c1cn[nH]n1.c1cnsc1.c1cnsn1.c1cscn1.c1csnn1.c1nc[nH]n1.c1ncsn1.c1nncs1. The Balaban J connectivity index is 0.000000327. The van der Waals surface area contributed by atoms with Gasteiger partial charge in [-0.05, 0) is 69.6 Å². The van der Waals surface area contributed by atoms with Gasteiger partial charge in [0.2, 0.25) is 0 Å². The van der Waals surface area contributed by atoms with Gasteiger partial charge in [-0.15, -0.1) is 38.0 Å². The van der Waals surface area contributed by atoms with Crippen LogP contribution in [-0.2, 0) is 0 Å². The maximum Gasteiger partial charge on any atom is 0.137 e. The molecule has 5 N–H and O–H groups in total. The second-order valence-corrected chi connectivity index (χ2v) is 13.0. The molecule has 0 bridgehead atoms. The molecule has 0 saturated heterocycles. The number of aromatic nitrogens is 21. The summed E-state index contributed by atoms with van der Waals surface area (Å²) in [4.78, 5) is 20.2. The van der Waals surface area contributed by atoms with Crippen molar-refractivity contribution in [3.05, 3.63) is 191 Å². The zero-order valence-electron chi connectivity index (χ0n) is 31.0. The number of hydrogen-bond donors (Lipinski definition) is 5. The van der Waals surface area contributed by atoms with Crippen LogP contribution in [-0.4, -0.2) is 103 Å². The number of nitrogens with one attached hydrogen (secondary N) is 5. The van der Waals surface area contributed by atoms with Crippen molar-refractivity contribution >= 4 is 80.3 Å². The molecule has 21 nitrogen and oxygen atoms in total. The van der Waals surface area contributed by atoms with Crippen molar-refractivity contribution in [3.63, 3.8) is 0 Å². The zero-order valence-corrected chi connectivity index (χ0v) is 36.7. The summed E-state index contributed by atoms with van der Waals surface area (Å²) in [5, 5.41) is 41.8. The molecule has 0 saturated carbocycles. The summed E-state index contributed by atoms with van der Waals surface area (Å²) >= 11 is 10.2. The lowest BCUT2D eigenvalue weighted by Gasteiger charge is -1.49. The van der Waals surface area contributed by atoms with Gasteiger partial charge in [-0.3, -0.25) is 15.2 Å². The van der Waals surface area contributed by atoms with E-state index in [4.69, 9.17) is 0 Å². The Morgan fingerprint density at radius 1 is 0.367 bits per heavy atom. The predicted molar refractivity (Wildman–Crippen MR) is 239 cm³/mol. The molecule has 28 heteroatoms. The highest BCUT2D eigenvalue weighted by molar-refractivity contribution is 7.08. The van der Waals surface area contributed by atoms with E-state index in [-0.39, 0.29) is 0 Å². The Morgan fingerprint density at radius 3 is 1.40 bits per heavy atom. The first kappa shape index (κ1) is 51.2. The fraction of sp³-hybridized carbons (Fsp3) is 0. The molecule has 0 aliphatic heterocycles. The van der Waals surface area contributed by atoms with Crippen molar-refractivity contribution in [3.8, 4) is 0 Å². The predicted octanol–water partition coefficient (Wildman–Crippen LogP) is 7.63. The van der Waals surface area contributed by atoms with Gasteiger partial charge in [0.15, 0.2) is 0 Å². The molecule has 12 heterocycles. The minimum Gasteiger partial charge on any atom is -0.368 e. The molecule has 0 fully saturated rings. The van der Waals surface area contributed by atoms with Crippen LogP contribution in [0.5, 0.6) is 0 Å². The van der Waals surface area contributed by atoms with Gasteiger partial charge < -0.3 is 9.97 Å². The third-order valence-electron chi connectivity index (χ3n) is 4.22. The molecule has 0 aliphatic rings. The molecule has 0 amide bonds. The van der Waals surface area contributed by atoms with Crippen molar-refractivity contribution in [2.75, 3.05) is 0 Å². The molecule has 0 unspecified atom stereocenters. The third kappa shape index (κ3) is 45.6. The molecule has 12 aromatic rings. The average molecular weight is 940 g/mol. The van der Waals surface area contributed by atoms with Gasteiger partial charge in [0.05, 0.1) is 54.6 Å². The lowest BCUT2D eigenvalue weighted by Crippen LogP contribution is -1.61. The number of aromatic amines is 5. The lowest BCUT2D eigenvalue weighted by molar-refractivity contribution is 0.940. The first-order valence-corrected chi connectivity index (χ1v) is 22.0. The van der Waals surface area contributed by atoms with Crippen LogP contribution in [0.4, 0.5) is 0 Å². The van der Waals surface area contributed by atoms with E-state index in [1.54, 1.807) is 119 Å². The van der Waals surface area contributed by atoms with Gasteiger partial charge in [-0.2, -0.15) is 50.1 Å². The highest BCUT2D eigenvalue weighted by atomic mass is 32.1. The van der Waals surface area contributed by atoms with Gasteiger partial charge in [-0.25, -0.2) is 19.3 Å². The molecule has 0 radical (unpaired) electrons. The van der Waals surface area contributed by atoms with Crippen LogP contribution >= 0.6 is 80.3 Å². The van der Waals surface area contributed by atoms with Crippen LogP contribution in [0.3, 0.4) is 0 Å². The highest BCUT2D eigenvalue weighted by Gasteiger charge is 1.64. The molecule has 0 atom stereocenters. The van der Waals surface area contributed by atoms with Crippen LogP contribution < -0.4 is 0 Å². The standard InChI is InChI=1S/C4H5N.C4H4S.2C3H4N2.2C3H3NS.2C2H3N3.4C2H2N2S/c2*1-2-4-5-3-1;1-2-5-3-4-1;1-2-4-5-3-1;1-2-5-3-4-1;1-2-4-5-3-1;1-3-2-5-4-1;1-2-4-5-3-1;1-3-4-2-5-1;1-3-2-5-4-1;1-2-5-4-3-1;1-2-4-5-3-1/h1-5H;1-4H;2*1-3H,(H,4,5);2*1-3H;2*1-2H,(H,3,4,5);4*1-2H. The molecular weight excluding hydrogens is 903 g/mol. The lowest BCUT2D eigenvalue weighted by atomic mass is 10.7. The fourth-order valence-electron chi connectivity index (χ4n) is 2.16. The van der Waals surface area contributed by atoms with Crippen molar-refractivity contribution < 1.29 is 0 Å². The minimum absolute atomic E-state index is 1.21. The second kappa shape index (κ2) is 48.3. The Morgan fingerprint density at radius 2 is 1.20 bits per heavy atom. The number of nitrogens with zero attached hydrogens (tertiary/aromatic N) is 16. The summed E-state index contributed by atoms with van der Waals surface area (Å²) in [5.74, 6) is 0. The second-order valence-electron chi connectivity index (χ2n) is 8.21. The smallest absolute Gasteiger partial charge is 0.137 e. The fourth-order valence-corrected chi connectivity index (χ4v) is 4.41. The topological polar surface area (TPSA) is 285 Å². The van der Waals surface area contributed by atoms with Crippen LogP contribution in [0.1, 0.15) is 0 Å². The summed E-state index contributed by atoms with van der Waals surface area (Å²) in [7, 11) is 0.